The Morgan fingerprint density at radius 1 is 1.13 bits per heavy atom. The van der Waals surface area contributed by atoms with Crippen molar-refractivity contribution < 1.29 is 14.1 Å². The van der Waals surface area contributed by atoms with Crippen molar-refractivity contribution in [2.45, 2.75) is 38.5 Å². The van der Waals surface area contributed by atoms with Gasteiger partial charge in [-0.25, -0.2) is 0 Å². The van der Waals surface area contributed by atoms with Crippen LogP contribution < -0.4 is 5.32 Å². The molecule has 4 rings (SSSR count). The Hall–Kier alpha value is -3.49. The molecule has 0 unspecified atom stereocenters. The topological polar surface area (TPSA) is 106 Å². The van der Waals surface area contributed by atoms with Gasteiger partial charge in [0, 0.05) is 37.7 Å². The molecule has 1 aliphatic rings. The van der Waals surface area contributed by atoms with Crippen LogP contribution in [0.2, 0.25) is 0 Å². The van der Waals surface area contributed by atoms with Gasteiger partial charge in [-0.15, -0.1) is 0 Å². The lowest BCUT2D eigenvalue weighted by Gasteiger charge is -2.30. The van der Waals surface area contributed by atoms with Gasteiger partial charge >= 0.3 is 0 Å². The summed E-state index contributed by atoms with van der Waals surface area (Å²) in [6.07, 6.45) is 3.01. The zero-order valence-corrected chi connectivity index (χ0v) is 17.9. The van der Waals surface area contributed by atoms with Gasteiger partial charge in [0.1, 0.15) is 5.82 Å². The van der Waals surface area contributed by atoms with Crippen molar-refractivity contribution in [3.8, 4) is 0 Å². The van der Waals surface area contributed by atoms with Gasteiger partial charge in [-0.05, 0) is 36.5 Å². The molecule has 0 spiro atoms. The largest absolute Gasteiger partial charge is 0.339 e. The van der Waals surface area contributed by atoms with Crippen LogP contribution in [0, 0.1) is 0 Å². The highest BCUT2D eigenvalue weighted by atomic mass is 16.5. The van der Waals surface area contributed by atoms with E-state index >= 15 is 0 Å². The molecule has 1 saturated heterocycles. The Morgan fingerprint density at radius 2 is 1.84 bits per heavy atom. The average molecular weight is 422 g/mol. The summed E-state index contributed by atoms with van der Waals surface area (Å²) < 4.78 is 6.89. The van der Waals surface area contributed by atoms with Crippen molar-refractivity contribution in [1.82, 2.24) is 24.8 Å². The van der Waals surface area contributed by atoms with Gasteiger partial charge in [0.15, 0.2) is 0 Å². The quantitative estimate of drug-likeness (QED) is 0.677. The fourth-order valence-electron chi connectivity index (χ4n) is 3.68. The molecule has 31 heavy (non-hydrogen) atoms. The first kappa shape index (κ1) is 20.8. The monoisotopic (exact) mass is 422 g/mol. The van der Waals surface area contributed by atoms with Gasteiger partial charge in [-0.1, -0.05) is 31.1 Å². The number of nitrogens with one attached hydrogen (secondary N) is 1. The van der Waals surface area contributed by atoms with E-state index in [1.165, 1.54) is 5.56 Å². The lowest BCUT2D eigenvalue weighted by Crippen LogP contribution is -2.38. The smallest absolute Gasteiger partial charge is 0.298 e. The van der Waals surface area contributed by atoms with E-state index in [9.17, 15) is 9.59 Å². The number of nitrogens with zero attached hydrogens (tertiary/aromatic N) is 5. The summed E-state index contributed by atoms with van der Waals surface area (Å²) in [5, 5.41) is 10.5. The van der Waals surface area contributed by atoms with Gasteiger partial charge in [0.05, 0.1) is 6.20 Å². The molecule has 0 radical (unpaired) electrons. The Morgan fingerprint density at radius 3 is 2.45 bits per heavy atom. The Bertz CT molecular complexity index is 1060. The number of likely N-dealkylation sites (tertiary alicyclic amines) is 1. The second-order valence-electron chi connectivity index (χ2n) is 8.09. The summed E-state index contributed by atoms with van der Waals surface area (Å²) in [5.74, 6) is 1.02. The molecular formula is C22H26N6O3. The third kappa shape index (κ3) is 4.50. The van der Waals surface area contributed by atoms with Crippen LogP contribution in [-0.2, 0) is 7.05 Å². The maximum Gasteiger partial charge on any atom is 0.298 e. The number of rotatable bonds is 5. The van der Waals surface area contributed by atoms with Crippen LogP contribution in [0.4, 0.5) is 5.82 Å². The molecule has 2 aromatic heterocycles. The number of hydrogen-bond donors (Lipinski definition) is 1. The van der Waals surface area contributed by atoms with E-state index in [1.54, 1.807) is 24.0 Å². The molecule has 3 heterocycles. The summed E-state index contributed by atoms with van der Waals surface area (Å²) in [6, 6.07) is 9.51. The minimum Gasteiger partial charge on any atom is -0.339 e. The second-order valence-corrected chi connectivity index (χ2v) is 8.09. The third-order valence-electron chi connectivity index (χ3n) is 5.66. The number of anilines is 1. The van der Waals surface area contributed by atoms with E-state index in [0.29, 0.717) is 49.1 Å². The predicted octanol–water partition coefficient (Wildman–Crippen LogP) is 3.20. The minimum absolute atomic E-state index is 0.0139. The number of carbonyl (C=O) groups excluding carboxylic acids is 2. The minimum atomic E-state index is -0.448. The van der Waals surface area contributed by atoms with E-state index in [4.69, 9.17) is 4.52 Å². The molecule has 0 aliphatic carbocycles. The summed E-state index contributed by atoms with van der Waals surface area (Å²) in [4.78, 5) is 31.3. The lowest BCUT2D eigenvalue weighted by molar-refractivity contribution is 0.0704. The Labute approximate surface area is 180 Å². The molecule has 9 heteroatoms. The first-order valence-electron chi connectivity index (χ1n) is 10.4. The predicted molar refractivity (Wildman–Crippen MR) is 114 cm³/mol. The van der Waals surface area contributed by atoms with Gasteiger partial charge in [-0.3, -0.25) is 14.3 Å². The number of hydrogen-bond acceptors (Lipinski definition) is 6. The molecule has 0 bridgehead atoms. The number of aromatic nitrogens is 4. The number of piperidine rings is 1. The Kier molecular flexibility index (Phi) is 5.83. The van der Waals surface area contributed by atoms with Crippen molar-refractivity contribution in [3.05, 3.63) is 59.4 Å². The van der Waals surface area contributed by atoms with E-state index in [2.05, 4.69) is 34.4 Å². The molecule has 0 atom stereocenters. The van der Waals surface area contributed by atoms with Crippen molar-refractivity contribution in [2.24, 2.45) is 7.05 Å². The molecule has 1 fully saturated rings. The molecule has 1 aromatic carbocycles. The second kappa shape index (κ2) is 8.71. The fourth-order valence-corrected chi connectivity index (χ4v) is 3.68. The first-order valence-corrected chi connectivity index (χ1v) is 10.4. The maximum absolute atomic E-state index is 12.8. The third-order valence-corrected chi connectivity index (χ3v) is 5.66. The van der Waals surface area contributed by atoms with E-state index < -0.39 is 5.91 Å². The summed E-state index contributed by atoms with van der Waals surface area (Å²) in [7, 11) is 1.73. The van der Waals surface area contributed by atoms with Crippen LogP contribution in [0.15, 0.2) is 41.1 Å². The molecule has 0 saturated carbocycles. The highest BCUT2D eigenvalue weighted by Crippen LogP contribution is 2.28. The molecule has 2 amide bonds. The highest BCUT2D eigenvalue weighted by Gasteiger charge is 2.29. The lowest BCUT2D eigenvalue weighted by atomic mass is 9.96. The molecule has 162 valence electrons. The zero-order chi connectivity index (χ0) is 22.0. The summed E-state index contributed by atoms with van der Waals surface area (Å²) >= 11 is 0. The SMILES string of the molecule is CC(C)c1ccc(C(=O)N2CCC(c3nc(C(=O)Nc4ccnn4C)no3)CC2)cc1. The van der Waals surface area contributed by atoms with Crippen molar-refractivity contribution >= 4 is 17.6 Å². The zero-order valence-electron chi connectivity index (χ0n) is 17.9. The van der Waals surface area contributed by atoms with E-state index in [-0.39, 0.29) is 17.6 Å². The fraction of sp³-hybridized carbons (Fsp3) is 0.409. The molecular weight excluding hydrogens is 396 g/mol. The number of benzene rings is 1. The molecule has 3 aromatic rings. The normalized spacial score (nSPS) is 14.8. The molecule has 1 N–H and O–H groups in total. The van der Waals surface area contributed by atoms with Gasteiger partial charge in [-0.2, -0.15) is 10.1 Å². The van der Waals surface area contributed by atoms with Gasteiger partial charge < -0.3 is 14.7 Å². The van der Waals surface area contributed by atoms with Crippen LogP contribution in [0.25, 0.3) is 0 Å². The van der Waals surface area contributed by atoms with Crippen LogP contribution >= 0.6 is 0 Å². The summed E-state index contributed by atoms with van der Waals surface area (Å²) in [6.45, 7) is 5.48. The first-order chi connectivity index (χ1) is 14.9. The van der Waals surface area contributed by atoms with Crippen molar-refractivity contribution in [3.63, 3.8) is 0 Å². The number of amides is 2. The van der Waals surface area contributed by atoms with E-state index in [0.717, 1.165) is 0 Å². The molecule has 1 aliphatic heterocycles. The average Bonchev–Trinajstić information content (AvgIpc) is 3.43. The summed E-state index contributed by atoms with van der Waals surface area (Å²) in [5.41, 5.74) is 1.92. The standard InChI is InChI=1S/C22H26N6O3/c1-14(2)15-4-6-17(7-5-15)22(30)28-12-9-16(10-13-28)21-25-19(26-31-21)20(29)24-18-8-11-23-27(18)3/h4-8,11,14,16H,9-10,12-13H2,1-3H3,(H,24,29). The van der Waals surface area contributed by atoms with Crippen molar-refractivity contribution in [1.29, 1.82) is 0 Å². The van der Waals surface area contributed by atoms with Gasteiger partial charge in [0.25, 0.3) is 17.6 Å². The molecule has 9 nitrogen and oxygen atoms in total. The number of aryl methyl sites for hydroxylation is 1. The van der Waals surface area contributed by atoms with Crippen LogP contribution in [0.1, 0.15) is 71.0 Å². The Balaban J connectivity index is 1.34. The highest BCUT2D eigenvalue weighted by molar-refractivity contribution is 6.00. The van der Waals surface area contributed by atoms with Crippen molar-refractivity contribution in [2.75, 3.05) is 18.4 Å². The van der Waals surface area contributed by atoms with Crippen LogP contribution in [-0.4, -0.2) is 49.7 Å². The van der Waals surface area contributed by atoms with E-state index in [1.807, 2.05) is 29.2 Å². The number of carbonyl (C=O) groups is 2. The van der Waals surface area contributed by atoms with Gasteiger partial charge in [0.2, 0.25) is 5.89 Å². The van der Waals surface area contributed by atoms with Crippen LogP contribution in [0.3, 0.4) is 0 Å². The van der Waals surface area contributed by atoms with Crippen LogP contribution in [0.5, 0.6) is 0 Å². The maximum atomic E-state index is 12.8.